The van der Waals surface area contributed by atoms with Gasteiger partial charge in [0.1, 0.15) is 49.3 Å². The number of ether oxygens (including phenoxy) is 2. The number of nitrogens with zero attached hydrogens (tertiary/aromatic N) is 1. The third-order valence-corrected chi connectivity index (χ3v) is 4.45. The molecule has 1 saturated heterocycles. The van der Waals surface area contributed by atoms with Gasteiger partial charge in [0.05, 0.1) is 20.3 Å². The fourth-order valence-corrected chi connectivity index (χ4v) is 2.94. The van der Waals surface area contributed by atoms with Crippen LogP contribution in [0.2, 0.25) is 0 Å². The van der Waals surface area contributed by atoms with E-state index in [2.05, 4.69) is 16.4 Å². The van der Waals surface area contributed by atoms with Crippen LogP contribution in [0, 0.1) is 11.3 Å². The van der Waals surface area contributed by atoms with E-state index in [1.54, 1.807) is 7.11 Å². The van der Waals surface area contributed by atoms with Crippen LogP contribution in [0.1, 0.15) is 5.56 Å². The summed E-state index contributed by atoms with van der Waals surface area (Å²) in [4.78, 5) is 4.88. The molecule has 1 aromatic carbocycles. The highest BCUT2D eigenvalue weighted by molar-refractivity contribution is 5.60. The van der Waals surface area contributed by atoms with Crippen molar-refractivity contribution in [1.82, 2.24) is 0 Å². The highest BCUT2D eigenvalue weighted by atomic mass is 16.5. The lowest BCUT2D eigenvalue weighted by Gasteiger charge is -2.22. The van der Waals surface area contributed by atoms with E-state index in [1.165, 1.54) is 4.90 Å². The second-order valence-electron chi connectivity index (χ2n) is 6.04. The van der Waals surface area contributed by atoms with Crippen LogP contribution in [0.5, 0.6) is 5.75 Å². The second kappa shape index (κ2) is 8.47. The smallest absolute Gasteiger partial charge is 0.291 e. The Morgan fingerprint density at radius 3 is 2.64 bits per heavy atom. The van der Waals surface area contributed by atoms with Crippen molar-refractivity contribution in [1.29, 1.82) is 5.26 Å². The van der Waals surface area contributed by atoms with Gasteiger partial charge in [0.25, 0.3) is 5.82 Å². The number of nitrogens with one attached hydrogen (secondary N) is 3. The number of hydrogen-bond donors (Lipinski definition) is 2. The van der Waals surface area contributed by atoms with Gasteiger partial charge in [-0.05, 0) is 36.4 Å². The molecular weight excluding hydrogens is 316 g/mol. The summed E-state index contributed by atoms with van der Waals surface area (Å²) in [6, 6.07) is 13.9. The molecule has 0 amide bonds. The molecule has 0 atom stereocenters. The fraction of sp³-hybridized carbons (Fsp3) is 0.368. The maximum atomic E-state index is 9.35. The number of methoxy groups -OCH3 is 1. The molecule has 1 aliphatic rings. The highest BCUT2D eigenvalue weighted by Crippen LogP contribution is 2.20. The van der Waals surface area contributed by atoms with E-state index in [9.17, 15) is 5.26 Å². The molecule has 2 heterocycles. The lowest BCUT2D eigenvalue weighted by molar-refractivity contribution is -0.906. The number of anilines is 1. The van der Waals surface area contributed by atoms with Crippen LogP contribution in [0.25, 0.3) is 11.3 Å². The lowest BCUT2D eigenvalue weighted by atomic mass is 10.1. The van der Waals surface area contributed by atoms with E-state index < -0.39 is 0 Å². The van der Waals surface area contributed by atoms with Crippen molar-refractivity contribution < 1.29 is 19.4 Å². The van der Waals surface area contributed by atoms with E-state index in [1.807, 2.05) is 36.4 Å². The molecule has 0 unspecified atom stereocenters. The third kappa shape index (κ3) is 4.47. The van der Waals surface area contributed by atoms with Crippen LogP contribution in [-0.4, -0.2) is 46.5 Å². The summed E-state index contributed by atoms with van der Waals surface area (Å²) in [5.41, 5.74) is 2.63. The Morgan fingerprint density at radius 1 is 1.20 bits per heavy atom. The summed E-state index contributed by atoms with van der Waals surface area (Å²) in [6.45, 7) is 5.57. The minimum absolute atomic E-state index is 0.620. The first kappa shape index (κ1) is 17.2. The third-order valence-electron chi connectivity index (χ3n) is 4.45. The molecule has 130 valence electrons. The van der Waals surface area contributed by atoms with Crippen LogP contribution in [0.15, 0.2) is 36.4 Å². The number of pyridine rings is 1. The van der Waals surface area contributed by atoms with Crippen molar-refractivity contribution in [3.63, 3.8) is 0 Å². The van der Waals surface area contributed by atoms with Gasteiger partial charge in [0.2, 0.25) is 0 Å². The summed E-state index contributed by atoms with van der Waals surface area (Å²) in [5.74, 6) is 1.59. The van der Waals surface area contributed by atoms with E-state index >= 15 is 0 Å². The maximum absolute atomic E-state index is 9.35. The zero-order valence-electron chi connectivity index (χ0n) is 14.5. The van der Waals surface area contributed by atoms with E-state index in [0.717, 1.165) is 62.2 Å². The highest BCUT2D eigenvalue weighted by Gasteiger charge is 2.17. The first-order valence-corrected chi connectivity index (χ1v) is 8.56. The molecule has 2 aromatic rings. The monoisotopic (exact) mass is 340 g/mol. The SMILES string of the molecule is COc1ccc(-c2ccc(C#N)c(NCC[NH+]3CCOCC3)[nH+]2)cc1. The molecule has 1 aliphatic heterocycles. The largest absolute Gasteiger partial charge is 0.497 e. The Labute approximate surface area is 148 Å². The number of nitriles is 1. The molecule has 0 saturated carbocycles. The van der Waals surface area contributed by atoms with Gasteiger partial charge in [-0.25, -0.2) is 4.98 Å². The Bertz CT molecular complexity index is 734. The fourth-order valence-electron chi connectivity index (χ4n) is 2.94. The maximum Gasteiger partial charge on any atom is 0.291 e. The van der Waals surface area contributed by atoms with Gasteiger partial charge in [0.15, 0.2) is 0 Å². The van der Waals surface area contributed by atoms with Crippen molar-refractivity contribution >= 4 is 5.82 Å². The average molecular weight is 340 g/mol. The number of morpholine rings is 1. The second-order valence-corrected chi connectivity index (χ2v) is 6.04. The predicted molar refractivity (Wildman–Crippen MR) is 94.6 cm³/mol. The number of hydrogen-bond acceptors (Lipinski definition) is 4. The minimum Gasteiger partial charge on any atom is -0.497 e. The van der Waals surface area contributed by atoms with Gasteiger partial charge in [-0.15, -0.1) is 0 Å². The van der Waals surface area contributed by atoms with E-state index in [0.29, 0.717) is 5.56 Å². The topological polar surface area (TPSA) is 72.9 Å². The van der Waals surface area contributed by atoms with Crippen molar-refractivity contribution in [2.45, 2.75) is 0 Å². The molecule has 6 nitrogen and oxygen atoms in total. The van der Waals surface area contributed by atoms with Gasteiger partial charge in [-0.2, -0.15) is 5.26 Å². The van der Waals surface area contributed by atoms with E-state index in [4.69, 9.17) is 9.47 Å². The molecule has 6 heteroatoms. The number of quaternary nitrogens is 1. The van der Waals surface area contributed by atoms with E-state index in [-0.39, 0.29) is 0 Å². The van der Waals surface area contributed by atoms with Crippen LogP contribution in [-0.2, 0) is 4.74 Å². The first-order valence-electron chi connectivity index (χ1n) is 8.56. The number of rotatable bonds is 6. The van der Waals surface area contributed by atoms with Crippen LogP contribution < -0.4 is 19.9 Å². The summed E-state index contributed by atoms with van der Waals surface area (Å²) < 4.78 is 10.6. The van der Waals surface area contributed by atoms with Gasteiger partial charge in [-0.3, -0.25) is 5.32 Å². The zero-order valence-corrected chi connectivity index (χ0v) is 14.5. The molecule has 3 rings (SSSR count). The molecule has 0 aliphatic carbocycles. The molecule has 1 aromatic heterocycles. The normalized spacial score (nSPS) is 14.7. The van der Waals surface area contributed by atoms with Crippen LogP contribution in [0.4, 0.5) is 5.82 Å². The lowest BCUT2D eigenvalue weighted by Crippen LogP contribution is -3.14. The Hall–Kier alpha value is -2.62. The Balaban J connectivity index is 1.69. The van der Waals surface area contributed by atoms with Gasteiger partial charge in [-0.1, -0.05) is 0 Å². The molecule has 3 N–H and O–H groups in total. The number of aromatic amines is 1. The van der Waals surface area contributed by atoms with Crippen molar-refractivity contribution in [2.75, 3.05) is 51.8 Å². The predicted octanol–water partition coefficient (Wildman–Crippen LogP) is 0.375. The van der Waals surface area contributed by atoms with Crippen molar-refractivity contribution in [3.05, 3.63) is 42.0 Å². The summed E-state index contributed by atoms with van der Waals surface area (Å²) in [6.07, 6.45) is 0. The van der Waals surface area contributed by atoms with Crippen LogP contribution >= 0.6 is 0 Å². The number of aromatic nitrogens is 1. The molecule has 0 radical (unpaired) electrons. The van der Waals surface area contributed by atoms with Crippen molar-refractivity contribution in [3.8, 4) is 23.1 Å². The van der Waals surface area contributed by atoms with Gasteiger partial charge >= 0.3 is 0 Å². The molecule has 25 heavy (non-hydrogen) atoms. The van der Waals surface area contributed by atoms with Gasteiger partial charge < -0.3 is 14.4 Å². The summed E-state index contributed by atoms with van der Waals surface area (Å²) >= 11 is 0. The standard InChI is InChI=1S/C19H22N4O2/c1-24-17-5-2-15(3-6-17)18-7-4-16(14-20)19(22-18)21-8-9-23-10-12-25-13-11-23/h2-7H,8-13H2,1H3,(H,21,22)/p+2. The van der Waals surface area contributed by atoms with Crippen LogP contribution in [0.3, 0.4) is 0 Å². The quantitative estimate of drug-likeness (QED) is 0.797. The number of H-pyrrole nitrogens is 1. The zero-order chi connectivity index (χ0) is 17.5. The number of benzene rings is 1. The molecule has 0 bridgehead atoms. The average Bonchev–Trinajstić information content (AvgIpc) is 2.69. The Kier molecular flexibility index (Phi) is 5.83. The first-order chi connectivity index (χ1) is 12.3. The summed E-state index contributed by atoms with van der Waals surface area (Å²) in [7, 11) is 1.65. The molecule has 1 fully saturated rings. The van der Waals surface area contributed by atoms with Gasteiger partial charge in [0, 0.05) is 5.56 Å². The molecular formula is C19H24N4O2+2. The minimum atomic E-state index is 0.620. The van der Waals surface area contributed by atoms with Crippen molar-refractivity contribution in [2.24, 2.45) is 0 Å². The Morgan fingerprint density at radius 2 is 1.96 bits per heavy atom. The summed E-state index contributed by atoms with van der Waals surface area (Å²) in [5, 5.41) is 12.7. The molecule has 0 spiro atoms.